The normalized spacial score (nSPS) is 32.1. The summed E-state index contributed by atoms with van der Waals surface area (Å²) >= 11 is 0. The first-order valence-electron chi connectivity index (χ1n) is 5.61. The summed E-state index contributed by atoms with van der Waals surface area (Å²) in [5, 5.41) is 0. The molecule has 0 amide bonds. The van der Waals surface area contributed by atoms with E-state index in [4.69, 9.17) is 0 Å². The van der Waals surface area contributed by atoms with Gasteiger partial charge < -0.3 is 0 Å². The lowest BCUT2D eigenvalue weighted by molar-refractivity contribution is 0.403. The molecule has 0 aromatic rings. The van der Waals surface area contributed by atoms with Gasteiger partial charge in [-0.15, -0.1) is 0 Å². The average molecular weight is 176 g/mol. The summed E-state index contributed by atoms with van der Waals surface area (Å²) in [6.45, 7) is 4.68. The lowest BCUT2D eigenvalue weighted by atomic mass is 9.93. The Hall–Kier alpha value is -0.520. The van der Waals surface area contributed by atoms with Gasteiger partial charge in [0, 0.05) is 0 Å². The molecular formula is C13H20. The van der Waals surface area contributed by atoms with Crippen molar-refractivity contribution < 1.29 is 0 Å². The Balaban J connectivity index is 1.94. The average Bonchev–Trinajstić information content (AvgIpc) is 2.44. The van der Waals surface area contributed by atoms with E-state index in [1.807, 2.05) is 0 Å². The Morgan fingerprint density at radius 2 is 2.31 bits per heavy atom. The molecule has 0 aromatic heterocycles. The standard InChI is InChI=1S/C13H20/c1-10(2)7-11-8-12-5-3-4-6-13(12)9-11/h3-5,10-11,13H,6-9H2,1-2H3. The molecule has 1 saturated carbocycles. The molecule has 72 valence electrons. The van der Waals surface area contributed by atoms with Gasteiger partial charge in [-0.25, -0.2) is 0 Å². The van der Waals surface area contributed by atoms with E-state index in [9.17, 15) is 0 Å². The van der Waals surface area contributed by atoms with Crippen molar-refractivity contribution in [3.8, 4) is 0 Å². The van der Waals surface area contributed by atoms with Crippen LogP contribution in [-0.2, 0) is 0 Å². The van der Waals surface area contributed by atoms with Crippen LogP contribution in [0.4, 0.5) is 0 Å². The van der Waals surface area contributed by atoms with Gasteiger partial charge in [0.25, 0.3) is 0 Å². The SMILES string of the molecule is CC(C)CC1CC2=CC=CCC2C1. The van der Waals surface area contributed by atoms with Gasteiger partial charge in [-0.05, 0) is 43.4 Å². The highest BCUT2D eigenvalue weighted by Gasteiger charge is 2.29. The smallest absolute Gasteiger partial charge is 0.0163 e. The fourth-order valence-electron chi connectivity index (χ4n) is 2.87. The summed E-state index contributed by atoms with van der Waals surface area (Å²) in [7, 11) is 0. The third-order valence-corrected chi connectivity index (χ3v) is 3.34. The summed E-state index contributed by atoms with van der Waals surface area (Å²) < 4.78 is 0. The zero-order valence-corrected chi connectivity index (χ0v) is 8.79. The number of rotatable bonds is 2. The number of hydrogen-bond acceptors (Lipinski definition) is 0. The molecule has 2 unspecified atom stereocenters. The Labute approximate surface area is 81.7 Å². The third kappa shape index (κ3) is 2.04. The molecule has 0 aliphatic heterocycles. The van der Waals surface area contributed by atoms with E-state index in [0.29, 0.717) is 0 Å². The minimum absolute atomic E-state index is 0.874. The highest BCUT2D eigenvalue weighted by atomic mass is 14.3. The van der Waals surface area contributed by atoms with Gasteiger partial charge in [0.2, 0.25) is 0 Å². The van der Waals surface area contributed by atoms with Crippen LogP contribution in [0.1, 0.15) is 39.5 Å². The highest BCUT2D eigenvalue weighted by molar-refractivity contribution is 5.24. The minimum atomic E-state index is 0.874. The van der Waals surface area contributed by atoms with Crippen LogP contribution in [0.5, 0.6) is 0 Å². The molecule has 0 heteroatoms. The van der Waals surface area contributed by atoms with E-state index in [1.165, 1.54) is 25.7 Å². The van der Waals surface area contributed by atoms with Gasteiger partial charge in [0.1, 0.15) is 0 Å². The molecule has 0 spiro atoms. The van der Waals surface area contributed by atoms with Crippen LogP contribution < -0.4 is 0 Å². The summed E-state index contributed by atoms with van der Waals surface area (Å²) in [5.41, 5.74) is 1.73. The van der Waals surface area contributed by atoms with Gasteiger partial charge in [0.05, 0.1) is 0 Å². The third-order valence-electron chi connectivity index (χ3n) is 3.34. The molecule has 1 fully saturated rings. The monoisotopic (exact) mass is 176 g/mol. The second-order valence-corrected chi connectivity index (χ2v) is 5.04. The van der Waals surface area contributed by atoms with Gasteiger partial charge in [0.15, 0.2) is 0 Å². The van der Waals surface area contributed by atoms with Crippen LogP contribution in [-0.4, -0.2) is 0 Å². The van der Waals surface area contributed by atoms with E-state index in [0.717, 1.165) is 17.8 Å². The number of fused-ring (bicyclic) bond motifs is 1. The summed E-state index contributed by atoms with van der Waals surface area (Å²) in [6, 6.07) is 0. The van der Waals surface area contributed by atoms with Gasteiger partial charge in [-0.3, -0.25) is 0 Å². The molecule has 13 heavy (non-hydrogen) atoms. The summed E-state index contributed by atoms with van der Waals surface area (Å²) in [4.78, 5) is 0. The molecule has 0 heterocycles. The second-order valence-electron chi connectivity index (χ2n) is 5.04. The second kappa shape index (κ2) is 3.69. The zero-order valence-electron chi connectivity index (χ0n) is 8.79. The highest BCUT2D eigenvalue weighted by Crippen LogP contribution is 2.42. The quantitative estimate of drug-likeness (QED) is 0.597. The van der Waals surface area contributed by atoms with Crippen molar-refractivity contribution in [3.63, 3.8) is 0 Å². The molecule has 0 radical (unpaired) electrons. The molecule has 0 saturated heterocycles. The predicted molar refractivity (Wildman–Crippen MR) is 57.5 cm³/mol. The van der Waals surface area contributed by atoms with Crippen LogP contribution in [0, 0.1) is 17.8 Å². The Morgan fingerprint density at radius 1 is 1.46 bits per heavy atom. The maximum atomic E-state index is 2.36. The van der Waals surface area contributed by atoms with Crippen LogP contribution in [0.15, 0.2) is 23.8 Å². The van der Waals surface area contributed by atoms with Crippen LogP contribution in [0.2, 0.25) is 0 Å². The molecule has 2 aliphatic rings. The molecule has 0 aromatic carbocycles. The van der Waals surface area contributed by atoms with Crippen molar-refractivity contribution >= 4 is 0 Å². The summed E-state index contributed by atoms with van der Waals surface area (Å²) in [5.74, 6) is 2.77. The Kier molecular flexibility index (Phi) is 2.57. The Bertz CT molecular complexity index is 232. The van der Waals surface area contributed by atoms with Crippen molar-refractivity contribution in [2.24, 2.45) is 17.8 Å². The molecule has 2 rings (SSSR count). The largest absolute Gasteiger partial charge is 0.0839 e. The van der Waals surface area contributed by atoms with Gasteiger partial charge in [-0.1, -0.05) is 37.6 Å². The minimum Gasteiger partial charge on any atom is -0.0839 e. The lowest BCUT2D eigenvalue weighted by Crippen LogP contribution is -2.00. The topological polar surface area (TPSA) is 0 Å². The summed E-state index contributed by atoms with van der Waals surface area (Å²) in [6.07, 6.45) is 12.5. The molecule has 0 bridgehead atoms. The van der Waals surface area contributed by atoms with E-state index >= 15 is 0 Å². The molecular weight excluding hydrogens is 156 g/mol. The van der Waals surface area contributed by atoms with Crippen molar-refractivity contribution in [3.05, 3.63) is 23.8 Å². The van der Waals surface area contributed by atoms with E-state index in [-0.39, 0.29) is 0 Å². The first-order chi connectivity index (χ1) is 6.25. The fraction of sp³-hybridized carbons (Fsp3) is 0.692. The molecule has 0 nitrogen and oxygen atoms in total. The molecule has 2 atom stereocenters. The van der Waals surface area contributed by atoms with Crippen LogP contribution in [0.25, 0.3) is 0 Å². The van der Waals surface area contributed by atoms with E-state index < -0.39 is 0 Å². The van der Waals surface area contributed by atoms with Crippen LogP contribution >= 0.6 is 0 Å². The molecule has 2 aliphatic carbocycles. The van der Waals surface area contributed by atoms with Crippen molar-refractivity contribution in [1.82, 2.24) is 0 Å². The Morgan fingerprint density at radius 3 is 3.00 bits per heavy atom. The maximum absolute atomic E-state index is 2.36. The lowest BCUT2D eigenvalue weighted by Gasteiger charge is -2.12. The number of hydrogen-bond donors (Lipinski definition) is 0. The first-order valence-corrected chi connectivity index (χ1v) is 5.61. The predicted octanol–water partition coefficient (Wildman–Crippen LogP) is 3.95. The first kappa shape index (κ1) is 9.05. The van der Waals surface area contributed by atoms with Gasteiger partial charge in [-0.2, -0.15) is 0 Å². The fourth-order valence-corrected chi connectivity index (χ4v) is 2.87. The van der Waals surface area contributed by atoms with E-state index in [2.05, 4.69) is 32.1 Å². The van der Waals surface area contributed by atoms with Crippen LogP contribution in [0.3, 0.4) is 0 Å². The van der Waals surface area contributed by atoms with Gasteiger partial charge >= 0.3 is 0 Å². The zero-order chi connectivity index (χ0) is 9.26. The van der Waals surface area contributed by atoms with Crippen molar-refractivity contribution in [1.29, 1.82) is 0 Å². The van der Waals surface area contributed by atoms with Crippen molar-refractivity contribution in [2.75, 3.05) is 0 Å². The molecule has 0 N–H and O–H groups in total. The van der Waals surface area contributed by atoms with Crippen molar-refractivity contribution in [2.45, 2.75) is 39.5 Å². The number of allylic oxidation sites excluding steroid dienone is 4. The maximum Gasteiger partial charge on any atom is -0.0163 e. The van der Waals surface area contributed by atoms with E-state index in [1.54, 1.807) is 5.57 Å².